The molecule has 0 heterocycles. The summed E-state index contributed by atoms with van der Waals surface area (Å²) in [4.78, 5) is 12.3. The van der Waals surface area contributed by atoms with Crippen molar-refractivity contribution in [3.05, 3.63) is 53.6 Å². The van der Waals surface area contributed by atoms with Crippen molar-refractivity contribution < 1.29 is 17.9 Å². The number of hydrogen-bond donors (Lipinski definition) is 1. The minimum Gasteiger partial charge on any atom is -0.494 e. The highest BCUT2D eigenvalue weighted by Gasteiger charge is 2.20. The average Bonchev–Trinajstić information content (AvgIpc) is 2.61. The SMILES string of the molecule is Cc1ccc(OCCCC(=O)Nc2ccc(C)c(S(=O)(=O)N(C)C)c2)cc1. The van der Waals surface area contributed by atoms with Crippen LogP contribution in [0.2, 0.25) is 0 Å². The fraction of sp³-hybridized carbons (Fsp3) is 0.350. The van der Waals surface area contributed by atoms with Crippen LogP contribution in [0.1, 0.15) is 24.0 Å². The Morgan fingerprint density at radius 1 is 1.07 bits per heavy atom. The molecule has 146 valence electrons. The van der Waals surface area contributed by atoms with Gasteiger partial charge in [-0.25, -0.2) is 12.7 Å². The third-order valence-corrected chi connectivity index (χ3v) is 6.03. The highest BCUT2D eigenvalue weighted by molar-refractivity contribution is 7.89. The van der Waals surface area contributed by atoms with Crippen molar-refractivity contribution in [3.63, 3.8) is 0 Å². The van der Waals surface area contributed by atoms with Crippen molar-refractivity contribution in [3.8, 4) is 5.75 Å². The molecule has 2 rings (SSSR count). The standard InChI is InChI=1S/C20H26N2O4S/c1-15-7-11-18(12-8-15)26-13-5-6-20(23)21-17-10-9-16(2)19(14-17)27(24,25)22(3)4/h7-12,14H,5-6,13H2,1-4H3,(H,21,23). The van der Waals surface area contributed by atoms with Crippen LogP contribution in [-0.4, -0.2) is 39.3 Å². The van der Waals surface area contributed by atoms with Gasteiger partial charge in [-0.3, -0.25) is 4.79 Å². The molecule has 6 nitrogen and oxygen atoms in total. The van der Waals surface area contributed by atoms with E-state index in [1.807, 2.05) is 31.2 Å². The largest absolute Gasteiger partial charge is 0.494 e. The van der Waals surface area contributed by atoms with E-state index in [4.69, 9.17) is 4.74 Å². The second-order valence-electron chi connectivity index (χ2n) is 6.58. The van der Waals surface area contributed by atoms with E-state index in [-0.39, 0.29) is 17.2 Å². The molecule has 0 saturated carbocycles. The van der Waals surface area contributed by atoms with Gasteiger partial charge in [-0.2, -0.15) is 0 Å². The zero-order chi connectivity index (χ0) is 20.0. The first-order chi connectivity index (χ1) is 12.7. The molecule has 0 saturated heterocycles. The number of aryl methyl sites for hydroxylation is 2. The number of hydrogen-bond acceptors (Lipinski definition) is 4. The van der Waals surface area contributed by atoms with Crippen LogP contribution in [0.3, 0.4) is 0 Å². The molecule has 7 heteroatoms. The summed E-state index contributed by atoms with van der Waals surface area (Å²) in [5.74, 6) is 0.595. The van der Waals surface area contributed by atoms with E-state index < -0.39 is 10.0 Å². The molecular formula is C20H26N2O4S. The molecule has 0 aromatic heterocycles. The molecule has 0 radical (unpaired) electrons. The van der Waals surface area contributed by atoms with Crippen molar-refractivity contribution in [2.24, 2.45) is 0 Å². The zero-order valence-corrected chi connectivity index (χ0v) is 17.0. The second kappa shape index (κ2) is 9.01. The summed E-state index contributed by atoms with van der Waals surface area (Å²) in [7, 11) is -0.598. The van der Waals surface area contributed by atoms with Crippen LogP contribution in [0, 0.1) is 13.8 Å². The first kappa shape index (κ1) is 20.9. The van der Waals surface area contributed by atoms with E-state index in [1.54, 1.807) is 19.1 Å². The van der Waals surface area contributed by atoms with Crippen LogP contribution in [0.4, 0.5) is 5.69 Å². The summed E-state index contributed by atoms with van der Waals surface area (Å²) in [6.07, 6.45) is 0.851. The van der Waals surface area contributed by atoms with Gasteiger partial charge in [0, 0.05) is 26.2 Å². The zero-order valence-electron chi connectivity index (χ0n) is 16.2. The summed E-state index contributed by atoms with van der Waals surface area (Å²) in [5, 5.41) is 2.75. The van der Waals surface area contributed by atoms with Gasteiger partial charge in [0.05, 0.1) is 11.5 Å². The van der Waals surface area contributed by atoms with Gasteiger partial charge in [0.1, 0.15) is 5.75 Å². The topological polar surface area (TPSA) is 75.7 Å². The van der Waals surface area contributed by atoms with Crippen LogP contribution >= 0.6 is 0 Å². The molecule has 1 N–H and O–H groups in total. The number of nitrogens with one attached hydrogen (secondary N) is 1. The van der Waals surface area contributed by atoms with E-state index >= 15 is 0 Å². The fourth-order valence-electron chi connectivity index (χ4n) is 2.43. The van der Waals surface area contributed by atoms with Gasteiger partial charge >= 0.3 is 0 Å². The number of sulfonamides is 1. The molecule has 0 fully saturated rings. The van der Waals surface area contributed by atoms with Gasteiger partial charge in [-0.1, -0.05) is 23.8 Å². The highest BCUT2D eigenvalue weighted by atomic mass is 32.2. The predicted octanol–water partition coefficient (Wildman–Crippen LogP) is 3.35. The van der Waals surface area contributed by atoms with Crippen molar-refractivity contribution in [2.75, 3.05) is 26.0 Å². The summed E-state index contributed by atoms with van der Waals surface area (Å²) in [6, 6.07) is 12.6. The Morgan fingerprint density at radius 3 is 2.37 bits per heavy atom. The maximum absolute atomic E-state index is 12.4. The van der Waals surface area contributed by atoms with Gasteiger partial charge in [0.25, 0.3) is 0 Å². The molecule has 0 atom stereocenters. The lowest BCUT2D eigenvalue weighted by atomic mass is 10.2. The van der Waals surface area contributed by atoms with Gasteiger partial charge in [0.15, 0.2) is 0 Å². The lowest BCUT2D eigenvalue weighted by Gasteiger charge is -2.15. The van der Waals surface area contributed by atoms with Crippen LogP contribution in [-0.2, 0) is 14.8 Å². The fourth-order valence-corrected chi connectivity index (χ4v) is 3.58. The summed E-state index contributed by atoms with van der Waals surface area (Å²) >= 11 is 0. The average molecular weight is 391 g/mol. The lowest BCUT2D eigenvalue weighted by Crippen LogP contribution is -2.23. The molecular weight excluding hydrogens is 364 g/mol. The first-order valence-electron chi connectivity index (χ1n) is 8.72. The first-order valence-corrected chi connectivity index (χ1v) is 10.2. The summed E-state index contributed by atoms with van der Waals surface area (Å²) in [6.45, 7) is 4.17. The minimum atomic E-state index is -3.56. The lowest BCUT2D eigenvalue weighted by molar-refractivity contribution is -0.116. The molecule has 0 spiro atoms. The monoisotopic (exact) mass is 390 g/mol. The Kier molecular flexibility index (Phi) is 6.98. The van der Waals surface area contributed by atoms with Crippen molar-refractivity contribution in [2.45, 2.75) is 31.6 Å². The number of carbonyl (C=O) groups is 1. The summed E-state index contributed by atoms with van der Waals surface area (Å²) < 4.78 is 31.5. The molecule has 2 aromatic carbocycles. The van der Waals surface area contributed by atoms with E-state index in [0.717, 1.165) is 15.6 Å². The molecule has 0 aliphatic carbocycles. The molecule has 27 heavy (non-hydrogen) atoms. The molecule has 0 unspecified atom stereocenters. The number of nitrogens with zero attached hydrogens (tertiary/aromatic N) is 1. The maximum atomic E-state index is 12.4. The smallest absolute Gasteiger partial charge is 0.242 e. The Hall–Kier alpha value is -2.38. The number of rotatable bonds is 8. The van der Waals surface area contributed by atoms with Crippen molar-refractivity contribution in [1.29, 1.82) is 0 Å². The Labute approximate surface area is 161 Å². The van der Waals surface area contributed by atoms with Gasteiger partial charge in [-0.05, 0) is 50.1 Å². The molecule has 1 amide bonds. The second-order valence-corrected chi connectivity index (χ2v) is 8.70. The predicted molar refractivity (Wildman–Crippen MR) is 107 cm³/mol. The van der Waals surface area contributed by atoms with E-state index in [0.29, 0.717) is 24.3 Å². The number of ether oxygens (including phenoxy) is 1. The normalized spacial score (nSPS) is 11.4. The number of carbonyl (C=O) groups excluding carboxylic acids is 1. The van der Waals surface area contributed by atoms with E-state index in [9.17, 15) is 13.2 Å². The van der Waals surface area contributed by atoms with E-state index in [2.05, 4.69) is 5.32 Å². The third-order valence-electron chi connectivity index (χ3n) is 4.07. The van der Waals surface area contributed by atoms with Crippen LogP contribution in [0.25, 0.3) is 0 Å². The van der Waals surface area contributed by atoms with Crippen molar-refractivity contribution >= 4 is 21.6 Å². The maximum Gasteiger partial charge on any atom is 0.242 e. The number of anilines is 1. The van der Waals surface area contributed by atoms with Crippen LogP contribution in [0.5, 0.6) is 5.75 Å². The van der Waals surface area contributed by atoms with Gasteiger partial charge in [0.2, 0.25) is 15.9 Å². The molecule has 0 bridgehead atoms. The number of amides is 1. The molecule has 2 aromatic rings. The molecule has 0 aliphatic heterocycles. The van der Waals surface area contributed by atoms with Crippen LogP contribution in [0.15, 0.2) is 47.4 Å². The molecule has 0 aliphatic rings. The summed E-state index contributed by atoms with van der Waals surface area (Å²) in [5.41, 5.74) is 2.26. The van der Waals surface area contributed by atoms with Gasteiger partial charge < -0.3 is 10.1 Å². The van der Waals surface area contributed by atoms with E-state index in [1.165, 1.54) is 20.2 Å². The van der Waals surface area contributed by atoms with Gasteiger partial charge in [-0.15, -0.1) is 0 Å². The quantitative estimate of drug-likeness (QED) is 0.702. The van der Waals surface area contributed by atoms with Crippen molar-refractivity contribution in [1.82, 2.24) is 4.31 Å². The Balaban J connectivity index is 1.89. The highest BCUT2D eigenvalue weighted by Crippen LogP contribution is 2.22. The minimum absolute atomic E-state index is 0.181. The van der Waals surface area contributed by atoms with Crippen LogP contribution < -0.4 is 10.1 Å². The number of benzene rings is 2. The third kappa shape index (κ3) is 5.80. The Bertz CT molecular complexity index is 891. The Morgan fingerprint density at radius 2 is 1.74 bits per heavy atom.